The van der Waals surface area contributed by atoms with Crippen LogP contribution in [0.4, 0.5) is 30.6 Å². The number of rotatable bonds is 6. The van der Waals surface area contributed by atoms with Gasteiger partial charge in [0.2, 0.25) is 17.8 Å². The lowest BCUT2D eigenvalue weighted by molar-refractivity contribution is -0.137. The summed E-state index contributed by atoms with van der Waals surface area (Å²) in [5.41, 5.74) is 1.80. The van der Waals surface area contributed by atoms with Crippen molar-refractivity contribution in [2.75, 3.05) is 23.4 Å². The zero-order chi connectivity index (χ0) is 28.5. The van der Waals surface area contributed by atoms with Gasteiger partial charge in [0.05, 0.1) is 24.9 Å². The fraction of sp³-hybridized carbons (Fsp3) is 0.500. The Bertz CT molecular complexity index is 1360. The number of alkyl halides is 3. The molecule has 2 aromatic rings. The highest BCUT2D eigenvalue weighted by Crippen LogP contribution is 2.53. The Hall–Kier alpha value is -3.46. The number of hydrogen-bond acceptors (Lipinski definition) is 8. The molecule has 2 bridgehead atoms. The normalized spacial score (nSPS) is 19.9. The zero-order valence-corrected chi connectivity index (χ0v) is 22.1. The van der Waals surface area contributed by atoms with Crippen molar-refractivity contribution in [3.05, 3.63) is 41.1 Å². The van der Waals surface area contributed by atoms with Crippen molar-refractivity contribution in [3.8, 4) is 0 Å². The SMILES string of the molecule is CC(=O)NCC(=O)N1[C@@H]2CC[C@H]1c1cc(Nc3ncc(C(F)(F)F)c(NC4CCC4)n3)ccc12.CS(=O)(=O)O. The van der Waals surface area contributed by atoms with Gasteiger partial charge in [-0.1, -0.05) is 6.07 Å². The summed E-state index contributed by atoms with van der Waals surface area (Å²) in [4.78, 5) is 33.7. The van der Waals surface area contributed by atoms with Crippen LogP contribution in [-0.2, 0) is 25.9 Å². The van der Waals surface area contributed by atoms with E-state index in [0.717, 1.165) is 49.4 Å². The van der Waals surface area contributed by atoms with Gasteiger partial charge in [0.15, 0.2) is 0 Å². The van der Waals surface area contributed by atoms with Crippen LogP contribution in [0, 0.1) is 0 Å². The van der Waals surface area contributed by atoms with E-state index < -0.39 is 21.9 Å². The summed E-state index contributed by atoms with van der Waals surface area (Å²) < 4.78 is 66.1. The van der Waals surface area contributed by atoms with Gasteiger partial charge >= 0.3 is 6.18 Å². The van der Waals surface area contributed by atoms with Gasteiger partial charge in [-0.15, -0.1) is 0 Å². The third-order valence-corrected chi connectivity index (χ3v) is 6.76. The van der Waals surface area contributed by atoms with E-state index in [-0.39, 0.29) is 48.3 Å². The second-order valence-electron chi connectivity index (χ2n) is 9.75. The van der Waals surface area contributed by atoms with Gasteiger partial charge in [0, 0.05) is 24.8 Å². The number of benzene rings is 1. The van der Waals surface area contributed by atoms with Crippen LogP contribution < -0.4 is 16.0 Å². The summed E-state index contributed by atoms with van der Waals surface area (Å²) in [5, 5.41) is 8.47. The third kappa shape index (κ3) is 6.95. The minimum absolute atomic E-state index is 0.0135. The summed E-state index contributed by atoms with van der Waals surface area (Å²) in [6.45, 7) is 1.33. The molecule has 212 valence electrons. The lowest BCUT2D eigenvalue weighted by Gasteiger charge is -2.28. The molecule has 1 aliphatic carbocycles. The predicted octanol–water partition coefficient (Wildman–Crippen LogP) is 3.56. The molecule has 2 atom stereocenters. The molecular formula is C24H29F3N6O5S. The van der Waals surface area contributed by atoms with E-state index in [4.69, 9.17) is 4.55 Å². The number of nitrogens with zero attached hydrogens (tertiary/aromatic N) is 3. The van der Waals surface area contributed by atoms with Crippen molar-refractivity contribution in [2.45, 2.75) is 63.3 Å². The smallest absolute Gasteiger partial charge is 0.367 e. The molecule has 1 saturated carbocycles. The highest BCUT2D eigenvalue weighted by molar-refractivity contribution is 7.85. The summed E-state index contributed by atoms with van der Waals surface area (Å²) in [5.74, 6) is -0.543. The van der Waals surface area contributed by atoms with Crippen molar-refractivity contribution in [2.24, 2.45) is 0 Å². The van der Waals surface area contributed by atoms with Crippen molar-refractivity contribution in [1.29, 1.82) is 0 Å². The molecular weight excluding hydrogens is 541 g/mol. The van der Waals surface area contributed by atoms with E-state index in [9.17, 15) is 31.2 Å². The molecule has 1 saturated heterocycles. The number of halogens is 3. The molecule has 11 nitrogen and oxygen atoms in total. The number of fused-ring (bicyclic) bond motifs is 5. The summed E-state index contributed by atoms with van der Waals surface area (Å²) in [7, 11) is -3.67. The first-order chi connectivity index (χ1) is 18.2. The number of carbonyl (C=O) groups is 2. The maximum absolute atomic E-state index is 13.4. The highest BCUT2D eigenvalue weighted by atomic mass is 32.2. The Morgan fingerprint density at radius 2 is 1.77 bits per heavy atom. The number of carbonyl (C=O) groups excluding carboxylic acids is 2. The molecule has 3 heterocycles. The van der Waals surface area contributed by atoms with E-state index in [1.165, 1.54) is 6.92 Å². The second kappa shape index (κ2) is 11.0. The van der Waals surface area contributed by atoms with Gasteiger partial charge in [-0.25, -0.2) is 4.98 Å². The largest absolute Gasteiger partial charge is 0.421 e. The van der Waals surface area contributed by atoms with Gasteiger partial charge in [-0.3, -0.25) is 14.1 Å². The molecule has 3 aliphatic rings. The zero-order valence-electron chi connectivity index (χ0n) is 21.2. The van der Waals surface area contributed by atoms with E-state index in [0.29, 0.717) is 11.9 Å². The van der Waals surface area contributed by atoms with Gasteiger partial charge in [-0.2, -0.15) is 26.6 Å². The van der Waals surface area contributed by atoms with Gasteiger partial charge in [0.1, 0.15) is 11.4 Å². The minimum atomic E-state index is -4.55. The maximum atomic E-state index is 13.4. The van der Waals surface area contributed by atoms with Crippen LogP contribution in [0.15, 0.2) is 24.4 Å². The molecule has 0 radical (unpaired) electrons. The van der Waals surface area contributed by atoms with Crippen LogP contribution in [0.1, 0.15) is 67.8 Å². The van der Waals surface area contributed by atoms with Crippen LogP contribution in [0.3, 0.4) is 0 Å². The number of hydrogen-bond donors (Lipinski definition) is 4. The average molecular weight is 571 g/mol. The monoisotopic (exact) mass is 570 g/mol. The molecule has 1 aromatic carbocycles. The standard InChI is InChI=1S/C23H25F3N6O2.CH4O3S/c1-12(33)27-11-20(34)32-18-7-8-19(32)16-9-14(5-6-15(16)18)30-22-28-10-17(23(24,25)26)21(31-22)29-13-3-2-4-13;1-5(2,3)4/h5-6,9-10,13,18-19H,2-4,7-8,11H2,1H3,(H,27,33)(H2,28,29,30,31);1H3,(H,2,3,4)/t18-,19+;/m1./s1. The van der Waals surface area contributed by atoms with Crippen LogP contribution in [0.25, 0.3) is 0 Å². The van der Waals surface area contributed by atoms with Gasteiger partial charge in [0.25, 0.3) is 10.1 Å². The van der Waals surface area contributed by atoms with E-state index in [2.05, 4.69) is 25.9 Å². The van der Waals surface area contributed by atoms with Gasteiger partial charge in [-0.05, 0) is 55.4 Å². The van der Waals surface area contributed by atoms with Crippen LogP contribution in [0.5, 0.6) is 0 Å². The number of aromatic nitrogens is 2. The molecule has 5 rings (SSSR count). The molecule has 15 heteroatoms. The predicted molar refractivity (Wildman–Crippen MR) is 136 cm³/mol. The lowest BCUT2D eigenvalue weighted by atomic mass is 9.91. The fourth-order valence-electron chi connectivity index (χ4n) is 4.94. The number of amides is 2. The number of nitrogens with one attached hydrogen (secondary N) is 3. The molecule has 0 unspecified atom stereocenters. The van der Waals surface area contributed by atoms with Crippen molar-refractivity contribution in [1.82, 2.24) is 20.2 Å². The second-order valence-corrected chi connectivity index (χ2v) is 11.2. The lowest BCUT2D eigenvalue weighted by Crippen LogP contribution is -2.37. The molecule has 0 spiro atoms. The Kier molecular flexibility index (Phi) is 8.02. The molecule has 4 N–H and O–H groups in total. The first-order valence-corrected chi connectivity index (χ1v) is 14.1. The maximum Gasteiger partial charge on any atom is 0.421 e. The molecule has 2 amide bonds. The molecule has 1 aromatic heterocycles. The Labute approximate surface area is 223 Å². The summed E-state index contributed by atoms with van der Waals surface area (Å²) >= 11 is 0. The van der Waals surface area contributed by atoms with Crippen molar-refractivity contribution in [3.63, 3.8) is 0 Å². The van der Waals surface area contributed by atoms with Crippen molar-refractivity contribution >= 4 is 39.4 Å². The van der Waals surface area contributed by atoms with Crippen LogP contribution >= 0.6 is 0 Å². The Morgan fingerprint density at radius 1 is 1.13 bits per heavy atom. The van der Waals surface area contributed by atoms with Crippen molar-refractivity contribution < 1.29 is 35.7 Å². The fourth-order valence-corrected chi connectivity index (χ4v) is 4.94. The van der Waals surface area contributed by atoms with Crippen LogP contribution in [-0.4, -0.2) is 58.5 Å². The van der Waals surface area contributed by atoms with E-state index in [1.54, 1.807) is 0 Å². The first kappa shape index (κ1) is 28.5. The topological polar surface area (TPSA) is 154 Å². The molecule has 2 fully saturated rings. The minimum Gasteiger partial charge on any atom is -0.367 e. The quantitative estimate of drug-likeness (QED) is 0.382. The number of anilines is 3. The Morgan fingerprint density at radius 3 is 2.33 bits per heavy atom. The summed E-state index contributed by atoms with van der Waals surface area (Å²) in [6, 6.07) is 5.51. The molecule has 39 heavy (non-hydrogen) atoms. The Balaban J connectivity index is 0.000000648. The van der Waals surface area contributed by atoms with Gasteiger partial charge < -0.3 is 20.9 Å². The van der Waals surface area contributed by atoms with Crippen LogP contribution in [0.2, 0.25) is 0 Å². The highest BCUT2D eigenvalue weighted by Gasteiger charge is 2.46. The van der Waals surface area contributed by atoms with E-state index >= 15 is 0 Å². The summed E-state index contributed by atoms with van der Waals surface area (Å²) in [6.07, 6.45) is 1.25. The first-order valence-electron chi connectivity index (χ1n) is 12.3. The molecule has 2 aliphatic heterocycles. The average Bonchev–Trinajstić information content (AvgIpc) is 3.35. The van der Waals surface area contributed by atoms with E-state index in [1.807, 2.05) is 23.1 Å². The third-order valence-electron chi connectivity index (χ3n) is 6.76.